The Labute approximate surface area is 72.7 Å². The first kappa shape index (κ1) is 9.92. The molecule has 1 heterocycles. The predicted octanol–water partition coefficient (Wildman–Crippen LogP) is -0.595. The molecule has 0 aliphatic carbocycles. The van der Waals surface area contributed by atoms with Crippen LogP contribution in [-0.4, -0.2) is 53.7 Å². The van der Waals surface area contributed by atoms with Crippen molar-refractivity contribution >= 4 is 0 Å². The molecule has 2 N–H and O–H groups in total. The third-order valence-corrected chi connectivity index (χ3v) is 2.35. The van der Waals surface area contributed by atoms with E-state index in [0.717, 1.165) is 0 Å². The van der Waals surface area contributed by atoms with Crippen molar-refractivity contribution in [2.45, 2.75) is 37.9 Å². The van der Waals surface area contributed by atoms with Crippen molar-refractivity contribution in [3.05, 3.63) is 0 Å². The topological polar surface area (TPSA) is 52.9 Å². The largest absolute Gasteiger partial charge is 0.389 e. The van der Waals surface area contributed by atoms with Crippen LogP contribution in [0, 0.1) is 0 Å². The molecular weight excluding hydrogens is 158 g/mol. The van der Waals surface area contributed by atoms with E-state index in [1.165, 1.54) is 0 Å². The summed E-state index contributed by atoms with van der Waals surface area (Å²) < 4.78 is 5.06. The van der Waals surface area contributed by atoms with E-state index in [4.69, 9.17) is 4.74 Å². The lowest BCUT2D eigenvalue weighted by atomic mass is 9.99. The zero-order valence-electron chi connectivity index (χ0n) is 7.77. The van der Waals surface area contributed by atoms with E-state index < -0.39 is 12.4 Å². The van der Waals surface area contributed by atoms with Crippen molar-refractivity contribution in [3.63, 3.8) is 0 Å². The summed E-state index contributed by atoms with van der Waals surface area (Å²) in [6, 6.07) is -0.0104. The Morgan fingerprint density at radius 3 is 2.42 bits per heavy atom. The molecule has 1 saturated heterocycles. The molecule has 1 aliphatic heterocycles. The van der Waals surface area contributed by atoms with Crippen LogP contribution in [0.5, 0.6) is 0 Å². The molecule has 0 aromatic carbocycles. The molecule has 1 aliphatic rings. The summed E-state index contributed by atoms with van der Waals surface area (Å²) in [4.78, 5) is 1.91. The standard InChI is InChI=1S/C8H17NO3/c1-5-8(11)6(9(2)3)4-7(10)12-5/h5-8,10-11H,4H2,1-3H3/t5-,6-,7?,8-/m0/s1. The number of hydrogen-bond acceptors (Lipinski definition) is 4. The second kappa shape index (κ2) is 3.70. The molecule has 72 valence electrons. The van der Waals surface area contributed by atoms with Crippen molar-refractivity contribution in [3.8, 4) is 0 Å². The summed E-state index contributed by atoms with van der Waals surface area (Å²) >= 11 is 0. The second-order valence-electron chi connectivity index (χ2n) is 3.55. The van der Waals surface area contributed by atoms with Crippen LogP contribution in [0.15, 0.2) is 0 Å². The SMILES string of the molecule is C[C@@H]1OC(O)C[C@H](N(C)C)[C@H]1O. The Morgan fingerprint density at radius 1 is 1.33 bits per heavy atom. The van der Waals surface area contributed by atoms with Gasteiger partial charge in [-0.1, -0.05) is 0 Å². The summed E-state index contributed by atoms with van der Waals surface area (Å²) in [7, 11) is 3.78. The number of aliphatic hydroxyl groups excluding tert-OH is 2. The molecule has 4 nitrogen and oxygen atoms in total. The minimum absolute atomic E-state index is 0.0104. The number of hydrogen-bond donors (Lipinski definition) is 2. The highest BCUT2D eigenvalue weighted by Gasteiger charge is 2.35. The fraction of sp³-hybridized carbons (Fsp3) is 1.00. The first-order chi connectivity index (χ1) is 5.52. The van der Waals surface area contributed by atoms with Crippen molar-refractivity contribution in [2.24, 2.45) is 0 Å². The molecule has 0 spiro atoms. The smallest absolute Gasteiger partial charge is 0.156 e. The van der Waals surface area contributed by atoms with Crippen molar-refractivity contribution in [2.75, 3.05) is 14.1 Å². The Morgan fingerprint density at radius 2 is 1.92 bits per heavy atom. The Kier molecular flexibility index (Phi) is 3.06. The highest BCUT2D eigenvalue weighted by molar-refractivity contribution is 4.85. The van der Waals surface area contributed by atoms with Crippen molar-refractivity contribution < 1.29 is 14.9 Å². The zero-order valence-corrected chi connectivity index (χ0v) is 7.77. The maximum absolute atomic E-state index is 9.65. The normalized spacial score (nSPS) is 43.5. The van der Waals surface area contributed by atoms with Gasteiger partial charge in [0, 0.05) is 12.5 Å². The summed E-state index contributed by atoms with van der Waals surface area (Å²) in [5.41, 5.74) is 0. The number of rotatable bonds is 1. The van der Waals surface area contributed by atoms with Crippen LogP contribution in [0.3, 0.4) is 0 Å². The van der Waals surface area contributed by atoms with Crippen LogP contribution in [0.25, 0.3) is 0 Å². The molecule has 0 amide bonds. The number of likely N-dealkylation sites (N-methyl/N-ethyl adjacent to an activating group) is 1. The van der Waals surface area contributed by atoms with Gasteiger partial charge < -0.3 is 19.8 Å². The molecule has 4 heteroatoms. The molecule has 0 bridgehead atoms. The fourth-order valence-corrected chi connectivity index (χ4v) is 1.56. The lowest BCUT2D eigenvalue weighted by molar-refractivity contribution is -0.212. The molecule has 1 unspecified atom stereocenters. The summed E-state index contributed by atoms with van der Waals surface area (Å²) in [6.45, 7) is 1.77. The van der Waals surface area contributed by atoms with Gasteiger partial charge in [-0.05, 0) is 21.0 Å². The van der Waals surface area contributed by atoms with E-state index in [1.54, 1.807) is 6.92 Å². The first-order valence-corrected chi connectivity index (χ1v) is 4.20. The number of aliphatic hydroxyl groups is 2. The van der Waals surface area contributed by atoms with Crippen LogP contribution in [0.4, 0.5) is 0 Å². The Bertz CT molecular complexity index is 151. The minimum Gasteiger partial charge on any atom is -0.389 e. The molecule has 0 saturated carbocycles. The van der Waals surface area contributed by atoms with Gasteiger partial charge >= 0.3 is 0 Å². The molecule has 0 radical (unpaired) electrons. The van der Waals surface area contributed by atoms with E-state index in [0.29, 0.717) is 6.42 Å². The molecule has 0 aromatic heterocycles. The maximum Gasteiger partial charge on any atom is 0.156 e. The van der Waals surface area contributed by atoms with Crippen LogP contribution >= 0.6 is 0 Å². The lowest BCUT2D eigenvalue weighted by Gasteiger charge is -2.39. The molecular formula is C8H17NO3. The van der Waals surface area contributed by atoms with Crippen LogP contribution < -0.4 is 0 Å². The summed E-state index contributed by atoms with van der Waals surface area (Å²) in [5, 5.41) is 18.9. The maximum atomic E-state index is 9.65. The van der Waals surface area contributed by atoms with Gasteiger partial charge in [0.25, 0.3) is 0 Å². The molecule has 1 rings (SSSR count). The highest BCUT2D eigenvalue weighted by Crippen LogP contribution is 2.21. The number of nitrogens with zero attached hydrogens (tertiary/aromatic N) is 1. The summed E-state index contributed by atoms with van der Waals surface area (Å²) in [6.07, 6.45) is -1.07. The van der Waals surface area contributed by atoms with Gasteiger partial charge in [0.2, 0.25) is 0 Å². The molecule has 0 aromatic rings. The lowest BCUT2D eigenvalue weighted by Crippen LogP contribution is -2.52. The number of ether oxygens (including phenoxy) is 1. The van der Waals surface area contributed by atoms with E-state index in [1.807, 2.05) is 19.0 Å². The quantitative estimate of drug-likeness (QED) is 0.559. The predicted molar refractivity (Wildman–Crippen MR) is 44.7 cm³/mol. The Balaban J connectivity index is 2.60. The van der Waals surface area contributed by atoms with Crippen LogP contribution in [-0.2, 0) is 4.74 Å². The highest BCUT2D eigenvalue weighted by atomic mass is 16.6. The summed E-state index contributed by atoms with van der Waals surface area (Å²) in [5.74, 6) is 0. The second-order valence-corrected chi connectivity index (χ2v) is 3.55. The van der Waals surface area contributed by atoms with E-state index in [2.05, 4.69) is 0 Å². The average molecular weight is 175 g/mol. The van der Waals surface area contributed by atoms with Gasteiger partial charge in [0.15, 0.2) is 6.29 Å². The molecule has 4 atom stereocenters. The molecule has 1 fully saturated rings. The average Bonchev–Trinajstić information content (AvgIpc) is 1.96. The third kappa shape index (κ3) is 1.95. The van der Waals surface area contributed by atoms with Crippen LogP contribution in [0.2, 0.25) is 0 Å². The van der Waals surface area contributed by atoms with Gasteiger partial charge in [-0.3, -0.25) is 0 Å². The first-order valence-electron chi connectivity index (χ1n) is 4.20. The van der Waals surface area contributed by atoms with E-state index in [-0.39, 0.29) is 12.1 Å². The molecule has 12 heavy (non-hydrogen) atoms. The zero-order chi connectivity index (χ0) is 9.30. The van der Waals surface area contributed by atoms with E-state index in [9.17, 15) is 10.2 Å². The van der Waals surface area contributed by atoms with Crippen molar-refractivity contribution in [1.82, 2.24) is 4.90 Å². The van der Waals surface area contributed by atoms with Gasteiger partial charge in [-0.25, -0.2) is 0 Å². The van der Waals surface area contributed by atoms with Gasteiger partial charge in [0.1, 0.15) is 0 Å². The fourth-order valence-electron chi connectivity index (χ4n) is 1.56. The Hall–Kier alpha value is -0.160. The third-order valence-electron chi connectivity index (χ3n) is 2.35. The van der Waals surface area contributed by atoms with Gasteiger partial charge in [0.05, 0.1) is 12.2 Å². The van der Waals surface area contributed by atoms with Crippen molar-refractivity contribution in [1.29, 1.82) is 0 Å². The van der Waals surface area contributed by atoms with E-state index >= 15 is 0 Å². The van der Waals surface area contributed by atoms with Gasteiger partial charge in [-0.15, -0.1) is 0 Å². The minimum atomic E-state index is -0.740. The monoisotopic (exact) mass is 175 g/mol. The van der Waals surface area contributed by atoms with Crippen LogP contribution in [0.1, 0.15) is 13.3 Å². The van der Waals surface area contributed by atoms with Gasteiger partial charge in [-0.2, -0.15) is 0 Å².